The molecule has 1 aromatic rings. The Hall–Kier alpha value is -1.16. The van der Waals surface area contributed by atoms with Crippen LogP contribution in [0.15, 0.2) is 18.2 Å². The Bertz CT molecular complexity index is 446. The van der Waals surface area contributed by atoms with E-state index in [-0.39, 0.29) is 11.6 Å². The smallest absolute Gasteiger partial charge is 0.146 e. The van der Waals surface area contributed by atoms with Gasteiger partial charge in [0.1, 0.15) is 11.6 Å². The molecule has 3 rings (SSSR count). The lowest BCUT2D eigenvalue weighted by molar-refractivity contribution is 0.413. The summed E-state index contributed by atoms with van der Waals surface area (Å²) in [5.41, 5.74) is 0.401. The predicted molar refractivity (Wildman–Crippen MR) is 72.3 cm³/mol. The fourth-order valence-corrected chi connectivity index (χ4v) is 2.75. The largest absolute Gasteiger partial charge is 0.368 e. The molecule has 1 unspecified atom stereocenters. The van der Waals surface area contributed by atoms with Crippen LogP contribution in [0.3, 0.4) is 0 Å². The first-order chi connectivity index (χ1) is 9.22. The van der Waals surface area contributed by atoms with Gasteiger partial charge in [0.2, 0.25) is 0 Å². The molecule has 1 saturated carbocycles. The molecule has 2 aliphatic rings. The molecule has 0 radical (unpaired) electrons. The second kappa shape index (κ2) is 5.45. The summed E-state index contributed by atoms with van der Waals surface area (Å²) in [5, 5.41) is 3.56. The van der Waals surface area contributed by atoms with Crippen molar-refractivity contribution in [3.63, 3.8) is 0 Å². The molecule has 2 nitrogen and oxygen atoms in total. The molecule has 1 aliphatic carbocycles. The molecule has 1 heterocycles. The van der Waals surface area contributed by atoms with E-state index in [1.807, 2.05) is 4.90 Å². The number of benzene rings is 1. The molecule has 1 N–H and O–H groups in total. The van der Waals surface area contributed by atoms with Gasteiger partial charge in [0.05, 0.1) is 5.69 Å². The van der Waals surface area contributed by atoms with Crippen LogP contribution in [0.5, 0.6) is 0 Å². The van der Waals surface area contributed by atoms with E-state index in [4.69, 9.17) is 0 Å². The summed E-state index contributed by atoms with van der Waals surface area (Å²) in [7, 11) is 0. The van der Waals surface area contributed by atoms with Gasteiger partial charge in [0, 0.05) is 25.2 Å². The van der Waals surface area contributed by atoms with Crippen LogP contribution in [0.4, 0.5) is 14.5 Å². The zero-order valence-electron chi connectivity index (χ0n) is 11.0. The van der Waals surface area contributed by atoms with Crippen molar-refractivity contribution in [2.24, 2.45) is 5.92 Å². The summed E-state index contributed by atoms with van der Waals surface area (Å²) in [6.07, 6.45) is 4.82. The lowest BCUT2D eigenvalue weighted by Crippen LogP contribution is -2.46. The van der Waals surface area contributed by atoms with E-state index >= 15 is 0 Å². The highest BCUT2D eigenvalue weighted by molar-refractivity contribution is 5.48. The van der Waals surface area contributed by atoms with Gasteiger partial charge in [-0.3, -0.25) is 0 Å². The SMILES string of the molecule is Fc1ccc(F)c(N2CCCC(NCC3CC3)C2)c1. The van der Waals surface area contributed by atoms with Crippen molar-refractivity contribution in [1.29, 1.82) is 0 Å². The average Bonchev–Trinajstić information content (AvgIpc) is 3.24. The number of nitrogens with zero attached hydrogens (tertiary/aromatic N) is 1. The molecule has 0 spiro atoms. The van der Waals surface area contributed by atoms with Crippen molar-refractivity contribution in [3.05, 3.63) is 29.8 Å². The maximum absolute atomic E-state index is 13.8. The average molecular weight is 266 g/mol. The zero-order chi connectivity index (χ0) is 13.2. The van der Waals surface area contributed by atoms with Gasteiger partial charge in [0.25, 0.3) is 0 Å². The normalized spacial score (nSPS) is 23.7. The molecule has 0 amide bonds. The molecule has 104 valence electrons. The van der Waals surface area contributed by atoms with Crippen LogP contribution >= 0.6 is 0 Å². The van der Waals surface area contributed by atoms with Gasteiger partial charge >= 0.3 is 0 Å². The van der Waals surface area contributed by atoms with Gasteiger partial charge in [-0.15, -0.1) is 0 Å². The maximum atomic E-state index is 13.8. The minimum Gasteiger partial charge on any atom is -0.368 e. The van der Waals surface area contributed by atoms with Crippen LogP contribution in [0.1, 0.15) is 25.7 Å². The van der Waals surface area contributed by atoms with Gasteiger partial charge in [0.15, 0.2) is 0 Å². The quantitative estimate of drug-likeness (QED) is 0.901. The molecular weight excluding hydrogens is 246 g/mol. The van der Waals surface area contributed by atoms with Crippen LogP contribution in [-0.4, -0.2) is 25.7 Å². The highest BCUT2D eigenvalue weighted by atomic mass is 19.1. The Balaban J connectivity index is 1.64. The second-order valence-electron chi connectivity index (χ2n) is 5.73. The molecule has 0 aromatic heterocycles. The van der Waals surface area contributed by atoms with Crippen LogP contribution in [0.25, 0.3) is 0 Å². The summed E-state index contributed by atoms with van der Waals surface area (Å²) in [6.45, 7) is 2.65. The Morgan fingerprint density at radius 1 is 1.21 bits per heavy atom. The van der Waals surface area contributed by atoms with E-state index in [0.29, 0.717) is 11.7 Å². The Morgan fingerprint density at radius 2 is 2.05 bits per heavy atom. The van der Waals surface area contributed by atoms with Gasteiger partial charge in [-0.05, 0) is 50.3 Å². The third-order valence-electron chi connectivity index (χ3n) is 4.06. The van der Waals surface area contributed by atoms with E-state index in [0.717, 1.165) is 38.4 Å². The van der Waals surface area contributed by atoms with Crippen LogP contribution in [0, 0.1) is 17.6 Å². The topological polar surface area (TPSA) is 15.3 Å². The molecular formula is C15H20F2N2. The summed E-state index contributed by atoms with van der Waals surface area (Å²) >= 11 is 0. The summed E-state index contributed by atoms with van der Waals surface area (Å²) in [5.74, 6) is 0.148. The first-order valence-electron chi connectivity index (χ1n) is 7.16. The molecule has 1 aromatic carbocycles. The fraction of sp³-hybridized carbons (Fsp3) is 0.600. The number of anilines is 1. The highest BCUT2D eigenvalue weighted by Crippen LogP contribution is 2.28. The summed E-state index contributed by atoms with van der Waals surface area (Å²) in [6, 6.07) is 4.09. The highest BCUT2D eigenvalue weighted by Gasteiger charge is 2.25. The number of hydrogen-bond donors (Lipinski definition) is 1. The predicted octanol–water partition coefficient (Wildman–Crippen LogP) is 2.93. The number of rotatable bonds is 4. The molecule has 19 heavy (non-hydrogen) atoms. The van der Waals surface area contributed by atoms with E-state index in [1.54, 1.807) is 0 Å². The molecule has 1 saturated heterocycles. The van der Waals surface area contributed by atoms with Crippen LogP contribution in [0.2, 0.25) is 0 Å². The molecule has 1 aliphatic heterocycles. The fourth-order valence-electron chi connectivity index (χ4n) is 2.75. The first-order valence-corrected chi connectivity index (χ1v) is 7.16. The molecule has 0 bridgehead atoms. The molecule has 2 fully saturated rings. The Labute approximate surface area is 112 Å². The third kappa shape index (κ3) is 3.24. The molecule has 1 atom stereocenters. The van der Waals surface area contributed by atoms with Gasteiger partial charge in [-0.2, -0.15) is 0 Å². The Kier molecular flexibility index (Phi) is 3.69. The minimum atomic E-state index is -0.371. The molecule has 4 heteroatoms. The van der Waals surface area contributed by atoms with Crippen molar-refractivity contribution >= 4 is 5.69 Å². The number of halogens is 2. The van der Waals surface area contributed by atoms with Crippen molar-refractivity contribution in [2.45, 2.75) is 31.7 Å². The number of piperidine rings is 1. The van der Waals surface area contributed by atoms with E-state index < -0.39 is 0 Å². The second-order valence-corrected chi connectivity index (χ2v) is 5.73. The van der Waals surface area contributed by atoms with E-state index in [9.17, 15) is 8.78 Å². The lowest BCUT2D eigenvalue weighted by atomic mass is 10.0. The number of nitrogens with one attached hydrogen (secondary N) is 1. The maximum Gasteiger partial charge on any atom is 0.146 e. The lowest BCUT2D eigenvalue weighted by Gasteiger charge is -2.35. The monoisotopic (exact) mass is 266 g/mol. The minimum absolute atomic E-state index is 0.329. The van der Waals surface area contributed by atoms with Crippen molar-refractivity contribution in [1.82, 2.24) is 5.32 Å². The summed E-state index contributed by atoms with van der Waals surface area (Å²) in [4.78, 5) is 1.96. The van der Waals surface area contributed by atoms with Gasteiger partial charge in [-0.25, -0.2) is 8.78 Å². The summed E-state index contributed by atoms with van der Waals surface area (Å²) < 4.78 is 27.0. The first kappa shape index (κ1) is 12.9. The Morgan fingerprint density at radius 3 is 2.84 bits per heavy atom. The van der Waals surface area contributed by atoms with Crippen molar-refractivity contribution in [2.75, 3.05) is 24.5 Å². The van der Waals surface area contributed by atoms with Gasteiger partial charge < -0.3 is 10.2 Å². The third-order valence-corrected chi connectivity index (χ3v) is 4.06. The van der Waals surface area contributed by atoms with E-state index in [2.05, 4.69) is 5.32 Å². The number of hydrogen-bond acceptors (Lipinski definition) is 2. The standard InChI is InChI=1S/C15H20F2N2/c16-12-5-6-14(17)15(8-12)19-7-1-2-13(10-19)18-9-11-3-4-11/h5-6,8,11,13,18H,1-4,7,9-10H2. The van der Waals surface area contributed by atoms with Crippen molar-refractivity contribution < 1.29 is 8.78 Å². The van der Waals surface area contributed by atoms with Crippen LogP contribution < -0.4 is 10.2 Å². The zero-order valence-corrected chi connectivity index (χ0v) is 11.0. The van der Waals surface area contributed by atoms with Crippen molar-refractivity contribution in [3.8, 4) is 0 Å². The van der Waals surface area contributed by atoms with Crippen LogP contribution in [-0.2, 0) is 0 Å². The van der Waals surface area contributed by atoms with E-state index in [1.165, 1.54) is 31.0 Å². The van der Waals surface area contributed by atoms with Gasteiger partial charge in [-0.1, -0.05) is 0 Å².